The predicted octanol–water partition coefficient (Wildman–Crippen LogP) is 3.74. The number of aliphatic hydroxyl groups is 4. The number of rotatable bonds is 18. The van der Waals surface area contributed by atoms with Crippen molar-refractivity contribution in [2.24, 2.45) is 5.92 Å². The molecule has 4 N–H and O–H groups in total. The highest BCUT2D eigenvalue weighted by atomic mass is 16.6. The van der Waals surface area contributed by atoms with Crippen molar-refractivity contribution in [1.82, 2.24) is 4.90 Å². The molecule has 7 atom stereocenters. The number of carbonyl (C=O) groups is 3. The molecule has 2 heterocycles. The van der Waals surface area contributed by atoms with Gasteiger partial charge in [-0.3, -0.25) is 14.4 Å². The summed E-state index contributed by atoms with van der Waals surface area (Å²) >= 11 is 0. The summed E-state index contributed by atoms with van der Waals surface area (Å²) in [6.07, 6.45) is 9.65. The lowest BCUT2D eigenvalue weighted by Crippen LogP contribution is -2.59. The number of nitrogens with zero attached hydrogens (tertiary/aromatic N) is 1. The second-order valence-electron chi connectivity index (χ2n) is 11.9. The summed E-state index contributed by atoms with van der Waals surface area (Å²) in [5.74, 6) is -1.51. The van der Waals surface area contributed by atoms with Crippen LogP contribution in [0.15, 0.2) is 11.3 Å². The van der Waals surface area contributed by atoms with Gasteiger partial charge in [0.25, 0.3) is 5.91 Å². The van der Waals surface area contributed by atoms with Crippen LogP contribution in [0.4, 0.5) is 0 Å². The molecule has 0 spiro atoms. The lowest BCUT2D eigenvalue weighted by molar-refractivity contribution is -0.239. The Hall–Kier alpha value is -2.01. The highest BCUT2D eigenvalue weighted by Crippen LogP contribution is 2.28. The Kier molecular flexibility index (Phi) is 15.3. The normalized spacial score (nSPS) is 28.7. The zero-order valence-electron chi connectivity index (χ0n) is 25.4. The maximum atomic E-state index is 12.3. The van der Waals surface area contributed by atoms with Crippen LogP contribution in [0.1, 0.15) is 111 Å². The topological polar surface area (TPSA) is 154 Å². The quantitative estimate of drug-likeness (QED) is 0.0621. The van der Waals surface area contributed by atoms with Gasteiger partial charge in [-0.25, -0.2) is 0 Å². The van der Waals surface area contributed by atoms with Gasteiger partial charge >= 0.3 is 5.97 Å². The summed E-state index contributed by atoms with van der Waals surface area (Å²) in [6.45, 7) is 4.37. The fourth-order valence-corrected chi connectivity index (χ4v) is 5.76. The molecule has 0 aromatic rings. The third-order valence-electron chi connectivity index (χ3n) is 8.61. The first kappa shape index (κ1) is 35.2. The Labute approximate surface area is 245 Å². The third kappa shape index (κ3) is 10.3. The largest absolute Gasteiger partial charge is 0.511 e. The van der Waals surface area contributed by atoms with Gasteiger partial charge in [0.2, 0.25) is 0 Å². The Morgan fingerprint density at radius 1 is 0.902 bits per heavy atom. The average molecular weight is 584 g/mol. The number of amides is 1. The summed E-state index contributed by atoms with van der Waals surface area (Å²) in [6, 6.07) is -0.509. The zero-order valence-corrected chi connectivity index (χ0v) is 25.4. The van der Waals surface area contributed by atoms with Crippen LogP contribution in [0.3, 0.4) is 0 Å². The molecule has 2 aliphatic heterocycles. The molecule has 0 aromatic carbocycles. The second kappa shape index (κ2) is 17.8. The van der Waals surface area contributed by atoms with Gasteiger partial charge in [-0.15, -0.1) is 0 Å². The van der Waals surface area contributed by atoms with Crippen LogP contribution in [-0.4, -0.2) is 93.2 Å². The molecule has 10 nitrogen and oxygen atoms in total. The average Bonchev–Trinajstić information content (AvgIpc) is 3.13. The van der Waals surface area contributed by atoms with Crippen molar-refractivity contribution < 1.29 is 44.3 Å². The summed E-state index contributed by atoms with van der Waals surface area (Å²) in [7, 11) is 1.59. The molecule has 236 valence electrons. The lowest BCUT2D eigenvalue weighted by Gasteiger charge is -2.41. The first-order chi connectivity index (χ1) is 19.5. The van der Waals surface area contributed by atoms with Crippen molar-refractivity contribution in [3.63, 3.8) is 0 Å². The molecule has 2 saturated heterocycles. The van der Waals surface area contributed by atoms with E-state index in [2.05, 4.69) is 0 Å². The van der Waals surface area contributed by atoms with Gasteiger partial charge in [0.15, 0.2) is 11.9 Å². The molecule has 2 rings (SSSR count). The number of carbonyl (C=O) groups excluding carboxylic acids is 3. The number of ketones is 1. The van der Waals surface area contributed by atoms with Gasteiger partial charge in [0.1, 0.15) is 29.6 Å². The van der Waals surface area contributed by atoms with Gasteiger partial charge in [-0.2, -0.15) is 0 Å². The van der Waals surface area contributed by atoms with Gasteiger partial charge in [-0.05, 0) is 19.8 Å². The molecule has 0 aliphatic carbocycles. The van der Waals surface area contributed by atoms with Crippen LogP contribution < -0.4 is 0 Å². The van der Waals surface area contributed by atoms with Crippen molar-refractivity contribution in [3.8, 4) is 0 Å². The minimum absolute atomic E-state index is 0.0316. The minimum Gasteiger partial charge on any atom is -0.511 e. The van der Waals surface area contributed by atoms with Crippen LogP contribution in [0, 0.1) is 5.92 Å². The molecule has 1 amide bonds. The fraction of sp³-hybridized carbons (Fsp3) is 0.839. The van der Waals surface area contributed by atoms with E-state index in [4.69, 9.17) is 9.47 Å². The zero-order chi connectivity index (χ0) is 30.5. The fourth-order valence-electron chi connectivity index (χ4n) is 5.76. The molecule has 41 heavy (non-hydrogen) atoms. The number of likely N-dealkylation sites (tertiary alicyclic amines) is 1. The number of likely N-dealkylation sites (N-methyl/N-ethyl adjacent to an activating group) is 1. The van der Waals surface area contributed by atoms with Crippen LogP contribution in [-0.2, 0) is 23.9 Å². The molecule has 2 aliphatic rings. The standard InChI is InChI=1S/C31H53NO9/c1-20(26(35)25-27(36)21(2)32(4)31(25)39)17-15-13-11-9-7-5-6-8-10-12-14-16-18-23-28(37)30(40-22(3)34)29(38)24(19-33)41-23/h20-21,23-24,28-30,33,35,37-38H,5-19H2,1-4H3/b26-25-/t20?,21?,23-,24+,28+,29+,30+/m0/s1. The number of Topliss-reactive ketones (excluding diaryl/α,β-unsaturated/α-hetero) is 1. The molecular weight excluding hydrogens is 530 g/mol. The predicted molar refractivity (Wildman–Crippen MR) is 154 cm³/mol. The maximum Gasteiger partial charge on any atom is 0.303 e. The van der Waals surface area contributed by atoms with Crippen molar-refractivity contribution >= 4 is 17.7 Å². The van der Waals surface area contributed by atoms with Crippen molar-refractivity contribution in [3.05, 3.63) is 11.3 Å². The number of hydrogen-bond acceptors (Lipinski definition) is 9. The number of allylic oxidation sites excluding steroid dienone is 1. The van der Waals surface area contributed by atoms with E-state index in [1.807, 2.05) is 6.92 Å². The summed E-state index contributed by atoms with van der Waals surface area (Å²) < 4.78 is 10.7. The van der Waals surface area contributed by atoms with E-state index in [-0.39, 0.29) is 28.9 Å². The number of unbranched alkanes of at least 4 members (excludes halogenated alkanes) is 11. The lowest BCUT2D eigenvalue weighted by atomic mass is 9.92. The monoisotopic (exact) mass is 583 g/mol. The first-order valence-corrected chi connectivity index (χ1v) is 15.5. The smallest absolute Gasteiger partial charge is 0.303 e. The number of esters is 1. The van der Waals surface area contributed by atoms with Crippen molar-refractivity contribution in [1.29, 1.82) is 0 Å². The number of aliphatic hydroxyl groups excluding tert-OH is 4. The molecule has 0 saturated carbocycles. The van der Waals surface area contributed by atoms with E-state index in [9.17, 15) is 34.8 Å². The highest BCUT2D eigenvalue weighted by Gasteiger charge is 2.46. The Morgan fingerprint density at radius 3 is 1.85 bits per heavy atom. The van der Waals surface area contributed by atoms with E-state index < -0.39 is 49.1 Å². The van der Waals surface area contributed by atoms with Crippen LogP contribution in [0.2, 0.25) is 0 Å². The SMILES string of the molecule is CC(=O)O[C@@H]1[C@H](O)[C@H](CCCCCCCCCCCCCCC(C)/C(O)=C2\C(=O)C(C)N(C)C2=O)O[C@H](CO)[C@H]1O. The molecule has 2 unspecified atom stereocenters. The number of ether oxygens (including phenoxy) is 2. The van der Waals surface area contributed by atoms with Crippen molar-refractivity contribution in [2.45, 2.75) is 147 Å². The Bertz CT molecular complexity index is 854. The molecule has 0 aromatic heterocycles. The van der Waals surface area contributed by atoms with E-state index in [1.54, 1.807) is 14.0 Å². The Morgan fingerprint density at radius 2 is 1.39 bits per heavy atom. The first-order valence-electron chi connectivity index (χ1n) is 15.5. The molecule has 2 fully saturated rings. The van der Waals surface area contributed by atoms with Crippen LogP contribution in [0.5, 0.6) is 0 Å². The number of hydrogen-bond donors (Lipinski definition) is 4. The molecule has 0 radical (unpaired) electrons. The maximum absolute atomic E-state index is 12.3. The molecule has 0 bridgehead atoms. The van der Waals surface area contributed by atoms with Gasteiger partial charge in [0, 0.05) is 19.9 Å². The summed E-state index contributed by atoms with van der Waals surface area (Å²) in [5, 5.41) is 40.6. The Balaban J connectivity index is 1.48. The van der Waals surface area contributed by atoms with Gasteiger partial charge in [0.05, 0.1) is 18.8 Å². The van der Waals surface area contributed by atoms with Gasteiger partial charge < -0.3 is 34.8 Å². The van der Waals surface area contributed by atoms with E-state index in [0.29, 0.717) is 6.42 Å². The van der Waals surface area contributed by atoms with Crippen molar-refractivity contribution in [2.75, 3.05) is 13.7 Å². The minimum atomic E-state index is -1.26. The molecule has 10 heteroatoms. The van der Waals surface area contributed by atoms with E-state index >= 15 is 0 Å². The summed E-state index contributed by atoms with van der Waals surface area (Å²) in [5.41, 5.74) is -0.0316. The highest BCUT2D eigenvalue weighted by molar-refractivity contribution is 6.26. The van der Waals surface area contributed by atoms with Crippen LogP contribution >= 0.6 is 0 Å². The van der Waals surface area contributed by atoms with Gasteiger partial charge in [-0.1, -0.05) is 84.0 Å². The third-order valence-corrected chi connectivity index (χ3v) is 8.61. The van der Waals surface area contributed by atoms with E-state index in [1.165, 1.54) is 43.9 Å². The van der Waals surface area contributed by atoms with Crippen LogP contribution in [0.25, 0.3) is 0 Å². The summed E-state index contributed by atoms with van der Waals surface area (Å²) in [4.78, 5) is 37.2. The molecular formula is C31H53NO9. The van der Waals surface area contributed by atoms with E-state index in [0.717, 1.165) is 51.4 Å². The second-order valence-corrected chi connectivity index (χ2v) is 11.9.